The van der Waals surface area contributed by atoms with Gasteiger partial charge in [0.2, 0.25) is 5.78 Å². The van der Waals surface area contributed by atoms with Crippen molar-refractivity contribution < 1.29 is 29.3 Å². The minimum atomic E-state index is -1.55. The molecule has 4 aliphatic carbocycles. The molecule has 2 saturated carbocycles. The molecule has 0 amide bonds. The quantitative estimate of drug-likeness (QED) is 0.482. The number of carbonyl (C=O) groups is 3. The zero-order valence-electron chi connectivity index (χ0n) is 19.5. The summed E-state index contributed by atoms with van der Waals surface area (Å²) in [6.45, 7) is 5.68. The largest absolute Gasteiger partial charge is 0.458 e. The molecule has 32 heavy (non-hydrogen) atoms. The highest BCUT2D eigenvalue weighted by Gasteiger charge is 2.67. The van der Waals surface area contributed by atoms with Gasteiger partial charge in [-0.3, -0.25) is 14.4 Å². The SMILES string of the molecule is C[C@@H]1CC2C3CCC4=CC(=O)CC[C@]4(C)C3=CC[C@]2(C)[C@@]1(O)C(=O)COC(=O)CCCO. The minimum Gasteiger partial charge on any atom is -0.458 e. The minimum absolute atomic E-state index is 0.0583. The van der Waals surface area contributed by atoms with Gasteiger partial charge in [0.1, 0.15) is 5.60 Å². The topological polar surface area (TPSA) is 101 Å². The van der Waals surface area contributed by atoms with E-state index in [1.165, 1.54) is 11.1 Å². The van der Waals surface area contributed by atoms with Crippen molar-refractivity contribution in [2.75, 3.05) is 13.2 Å². The lowest BCUT2D eigenvalue weighted by molar-refractivity contribution is -0.168. The molecular formula is C26H36O6. The molecule has 0 aromatic rings. The predicted molar refractivity (Wildman–Crippen MR) is 118 cm³/mol. The molecule has 0 spiro atoms. The molecule has 0 heterocycles. The van der Waals surface area contributed by atoms with Gasteiger partial charge in [0, 0.05) is 30.3 Å². The van der Waals surface area contributed by atoms with Crippen molar-refractivity contribution in [2.45, 2.75) is 77.7 Å². The Labute approximate surface area is 190 Å². The van der Waals surface area contributed by atoms with Gasteiger partial charge in [-0.25, -0.2) is 0 Å². The number of ether oxygens (including phenoxy) is 1. The number of rotatable bonds is 6. The molecule has 0 bridgehead atoms. The molecule has 4 rings (SSSR count). The molecule has 0 radical (unpaired) electrons. The number of Topliss-reactive ketones (excluding diaryl/α,β-unsaturated/α-hetero) is 1. The molecule has 6 nitrogen and oxygen atoms in total. The third-order valence-electron chi connectivity index (χ3n) is 9.25. The molecule has 0 aromatic heterocycles. The highest BCUT2D eigenvalue weighted by atomic mass is 16.5. The van der Waals surface area contributed by atoms with Crippen molar-refractivity contribution in [2.24, 2.45) is 28.6 Å². The molecule has 6 atom stereocenters. The van der Waals surface area contributed by atoms with Crippen molar-refractivity contribution in [1.29, 1.82) is 0 Å². The van der Waals surface area contributed by atoms with Crippen molar-refractivity contribution in [1.82, 2.24) is 0 Å². The van der Waals surface area contributed by atoms with Crippen molar-refractivity contribution in [3.8, 4) is 0 Å². The maximum atomic E-state index is 13.3. The smallest absolute Gasteiger partial charge is 0.306 e. The van der Waals surface area contributed by atoms with Gasteiger partial charge in [0.05, 0.1) is 0 Å². The molecule has 0 saturated heterocycles. The Morgan fingerprint density at radius 2 is 2.00 bits per heavy atom. The fraction of sp³-hybridized carbons (Fsp3) is 0.731. The van der Waals surface area contributed by atoms with Crippen molar-refractivity contribution in [3.63, 3.8) is 0 Å². The van der Waals surface area contributed by atoms with Crippen LogP contribution in [0.25, 0.3) is 0 Å². The van der Waals surface area contributed by atoms with Crippen LogP contribution < -0.4 is 0 Å². The summed E-state index contributed by atoms with van der Waals surface area (Å²) in [4.78, 5) is 37.1. The van der Waals surface area contributed by atoms with E-state index in [9.17, 15) is 19.5 Å². The van der Waals surface area contributed by atoms with Gasteiger partial charge < -0.3 is 14.9 Å². The molecule has 176 valence electrons. The number of aliphatic hydroxyl groups excluding tert-OH is 1. The van der Waals surface area contributed by atoms with Gasteiger partial charge in [-0.1, -0.05) is 38.0 Å². The molecule has 2 unspecified atom stereocenters. The predicted octanol–water partition coefficient (Wildman–Crippen LogP) is 3.30. The van der Waals surface area contributed by atoms with E-state index in [1.54, 1.807) is 0 Å². The number of hydrogen-bond acceptors (Lipinski definition) is 6. The van der Waals surface area contributed by atoms with Crippen LogP contribution in [0.2, 0.25) is 0 Å². The summed E-state index contributed by atoms with van der Waals surface area (Å²) < 4.78 is 5.15. The summed E-state index contributed by atoms with van der Waals surface area (Å²) >= 11 is 0. The standard InChI is InChI=1S/C26H36O6/c1-16-13-21-19-7-6-17-14-18(28)8-10-24(17,2)20(19)9-11-25(21,3)26(16,31)22(29)15-32-23(30)5-4-12-27/h9,14,16,19,21,27,31H,4-8,10-13,15H2,1-3H3/t16-,19?,21?,24+,25+,26+/m1/s1. The Balaban J connectivity index is 1.59. The lowest BCUT2D eigenvalue weighted by Gasteiger charge is -2.54. The normalized spacial score (nSPS) is 40.5. The third kappa shape index (κ3) is 3.33. The van der Waals surface area contributed by atoms with Crippen molar-refractivity contribution in [3.05, 3.63) is 23.3 Å². The summed E-state index contributed by atoms with van der Waals surface area (Å²) in [5.41, 5.74) is 0.388. The van der Waals surface area contributed by atoms with Gasteiger partial charge >= 0.3 is 5.97 Å². The Hall–Kier alpha value is -1.79. The zero-order valence-corrected chi connectivity index (χ0v) is 19.5. The van der Waals surface area contributed by atoms with Gasteiger partial charge in [-0.2, -0.15) is 0 Å². The number of aliphatic hydroxyl groups is 2. The van der Waals surface area contributed by atoms with Crippen LogP contribution in [0.15, 0.2) is 23.3 Å². The van der Waals surface area contributed by atoms with Crippen LogP contribution in [0.3, 0.4) is 0 Å². The first kappa shape index (κ1) is 23.4. The van der Waals surface area contributed by atoms with E-state index in [4.69, 9.17) is 9.84 Å². The summed E-state index contributed by atoms with van der Waals surface area (Å²) in [7, 11) is 0. The second kappa shape index (κ2) is 8.21. The molecule has 0 aliphatic heterocycles. The first-order valence-corrected chi connectivity index (χ1v) is 12.0. The van der Waals surface area contributed by atoms with E-state index < -0.39 is 29.4 Å². The average Bonchev–Trinajstić information content (AvgIpc) is 2.98. The molecule has 2 N–H and O–H groups in total. The molecule has 6 heteroatoms. The van der Waals surface area contributed by atoms with E-state index >= 15 is 0 Å². The third-order valence-corrected chi connectivity index (χ3v) is 9.25. The maximum absolute atomic E-state index is 13.3. The zero-order chi connectivity index (χ0) is 23.3. The van der Waals surface area contributed by atoms with E-state index in [2.05, 4.69) is 13.0 Å². The number of hydrogen-bond donors (Lipinski definition) is 2. The van der Waals surface area contributed by atoms with Crippen LogP contribution in [0.4, 0.5) is 0 Å². The van der Waals surface area contributed by atoms with Crippen LogP contribution in [0, 0.1) is 28.6 Å². The van der Waals surface area contributed by atoms with Crippen LogP contribution in [-0.4, -0.2) is 46.6 Å². The van der Waals surface area contributed by atoms with E-state index in [-0.39, 0.29) is 36.1 Å². The van der Waals surface area contributed by atoms with Gasteiger partial charge in [0.25, 0.3) is 0 Å². The van der Waals surface area contributed by atoms with Gasteiger partial charge in [0.15, 0.2) is 12.4 Å². The molecule has 0 aromatic carbocycles. The lowest BCUT2D eigenvalue weighted by atomic mass is 9.50. The van der Waals surface area contributed by atoms with E-state index in [0.717, 1.165) is 25.7 Å². The first-order chi connectivity index (χ1) is 15.1. The Kier molecular flexibility index (Phi) is 6.00. The van der Waals surface area contributed by atoms with E-state index in [1.807, 2.05) is 19.9 Å². The number of esters is 1. The summed E-state index contributed by atoms with van der Waals surface area (Å²) in [5.74, 6) is -0.490. The number of fused-ring (bicyclic) bond motifs is 5. The molecule has 4 aliphatic rings. The Morgan fingerprint density at radius 1 is 1.25 bits per heavy atom. The second-order valence-corrected chi connectivity index (χ2v) is 10.8. The first-order valence-electron chi connectivity index (χ1n) is 12.0. The Bertz CT molecular complexity index is 887. The second-order valence-electron chi connectivity index (χ2n) is 10.8. The van der Waals surface area contributed by atoms with Crippen LogP contribution in [-0.2, 0) is 19.1 Å². The highest BCUT2D eigenvalue weighted by Crippen LogP contribution is 2.66. The van der Waals surface area contributed by atoms with Gasteiger partial charge in [-0.15, -0.1) is 0 Å². The number of ketones is 2. The van der Waals surface area contributed by atoms with Crippen LogP contribution in [0.1, 0.15) is 72.1 Å². The average molecular weight is 445 g/mol. The summed E-state index contributed by atoms with van der Waals surface area (Å²) in [6, 6.07) is 0. The fourth-order valence-corrected chi connectivity index (χ4v) is 7.35. The van der Waals surface area contributed by atoms with Crippen LogP contribution >= 0.6 is 0 Å². The number of allylic oxidation sites excluding steroid dienone is 4. The maximum Gasteiger partial charge on any atom is 0.306 e. The van der Waals surface area contributed by atoms with Gasteiger partial charge in [-0.05, 0) is 62.4 Å². The lowest BCUT2D eigenvalue weighted by Crippen LogP contribution is -2.57. The summed E-state index contributed by atoms with van der Waals surface area (Å²) in [6.07, 6.45) is 9.06. The highest BCUT2D eigenvalue weighted by molar-refractivity contribution is 5.92. The monoisotopic (exact) mass is 444 g/mol. The molecular weight excluding hydrogens is 408 g/mol. The Morgan fingerprint density at radius 3 is 2.72 bits per heavy atom. The fourth-order valence-electron chi connectivity index (χ4n) is 7.35. The van der Waals surface area contributed by atoms with Crippen LogP contribution in [0.5, 0.6) is 0 Å². The summed E-state index contributed by atoms with van der Waals surface area (Å²) in [5, 5.41) is 20.7. The van der Waals surface area contributed by atoms with Crippen molar-refractivity contribution >= 4 is 17.5 Å². The number of carbonyl (C=O) groups excluding carboxylic acids is 3. The van der Waals surface area contributed by atoms with E-state index in [0.29, 0.717) is 25.2 Å². The molecule has 2 fully saturated rings.